The van der Waals surface area contributed by atoms with Crippen LogP contribution in [0.3, 0.4) is 0 Å². The third kappa shape index (κ3) is 6.79. The van der Waals surface area contributed by atoms with Crippen LogP contribution in [0, 0.1) is 5.92 Å². The maximum atomic E-state index is 11.6. The first-order valence-corrected chi connectivity index (χ1v) is 12.0. The van der Waals surface area contributed by atoms with E-state index < -0.39 is 11.9 Å². The molecule has 9 heteroatoms. The van der Waals surface area contributed by atoms with Gasteiger partial charge < -0.3 is 20.1 Å². The summed E-state index contributed by atoms with van der Waals surface area (Å²) in [6, 6.07) is 14.7. The predicted octanol–water partition coefficient (Wildman–Crippen LogP) is 3.88. The van der Waals surface area contributed by atoms with Crippen LogP contribution >= 0.6 is 0 Å². The van der Waals surface area contributed by atoms with Crippen LogP contribution in [0.4, 0.5) is 5.69 Å². The number of carboxylic acids is 2. The van der Waals surface area contributed by atoms with Crippen molar-refractivity contribution in [3.8, 4) is 0 Å². The number of carbonyl (C=O) groups is 3. The molecule has 0 aliphatic carbocycles. The third-order valence-corrected chi connectivity index (χ3v) is 6.51. The van der Waals surface area contributed by atoms with Crippen molar-refractivity contribution < 1.29 is 29.1 Å². The van der Waals surface area contributed by atoms with E-state index in [9.17, 15) is 14.4 Å². The smallest absolute Gasteiger partial charge is 0.328 e. The molecule has 2 aromatic carbocycles. The SMILES string of the molecule is O=C(O)C=CC(=O)O.O=C1Cc2cc3c(CCC4CCN(Cc5ccccc5)CC4)noc3cc2N1. The van der Waals surface area contributed by atoms with Gasteiger partial charge >= 0.3 is 11.9 Å². The quantitative estimate of drug-likeness (QED) is 0.424. The summed E-state index contributed by atoms with van der Waals surface area (Å²) in [5.74, 6) is -1.71. The Hall–Kier alpha value is -3.98. The lowest BCUT2D eigenvalue weighted by Crippen LogP contribution is -2.33. The van der Waals surface area contributed by atoms with Crippen molar-refractivity contribution in [2.24, 2.45) is 5.92 Å². The Labute approximate surface area is 208 Å². The van der Waals surface area contributed by atoms with Crippen LogP contribution in [-0.2, 0) is 33.8 Å². The fraction of sp³-hybridized carbons (Fsp3) is 0.333. The Balaban J connectivity index is 0.000000331. The molecule has 0 atom stereocenters. The number of fused-ring (bicyclic) bond motifs is 2. The summed E-state index contributed by atoms with van der Waals surface area (Å²) in [5.41, 5.74) is 5.12. The van der Waals surface area contributed by atoms with Gasteiger partial charge in [-0.15, -0.1) is 0 Å². The Kier molecular flexibility index (Phi) is 8.12. The van der Waals surface area contributed by atoms with Gasteiger partial charge in [0.2, 0.25) is 5.91 Å². The number of hydrogen-bond donors (Lipinski definition) is 3. The van der Waals surface area contributed by atoms with Gasteiger partial charge in [-0.05, 0) is 61.9 Å². The highest BCUT2D eigenvalue weighted by molar-refractivity contribution is 6.02. The molecule has 9 nitrogen and oxygen atoms in total. The number of piperidine rings is 1. The van der Waals surface area contributed by atoms with E-state index in [1.165, 1.54) is 31.5 Å². The second-order valence-corrected chi connectivity index (χ2v) is 9.11. The van der Waals surface area contributed by atoms with Crippen molar-refractivity contribution in [2.75, 3.05) is 18.4 Å². The van der Waals surface area contributed by atoms with Gasteiger partial charge in [-0.3, -0.25) is 9.69 Å². The number of benzene rings is 2. The zero-order valence-corrected chi connectivity index (χ0v) is 19.9. The second-order valence-electron chi connectivity index (χ2n) is 9.11. The Morgan fingerprint density at radius 2 is 1.78 bits per heavy atom. The molecule has 3 heterocycles. The van der Waals surface area contributed by atoms with E-state index in [1.54, 1.807) is 0 Å². The van der Waals surface area contributed by atoms with E-state index in [0.29, 0.717) is 18.6 Å². The lowest BCUT2D eigenvalue weighted by atomic mass is 9.91. The van der Waals surface area contributed by atoms with Gasteiger partial charge in [0.15, 0.2) is 5.58 Å². The van der Waals surface area contributed by atoms with Gasteiger partial charge in [-0.2, -0.15) is 0 Å². The molecule has 0 saturated carbocycles. The molecular formula is C27H29N3O6. The summed E-state index contributed by atoms with van der Waals surface area (Å²) in [5, 5.41) is 23.9. The summed E-state index contributed by atoms with van der Waals surface area (Å²) < 4.78 is 5.52. The van der Waals surface area contributed by atoms with E-state index in [4.69, 9.17) is 14.7 Å². The van der Waals surface area contributed by atoms with Gasteiger partial charge in [0, 0.05) is 35.8 Å². The first-order valence-electron chi connectivity index (χ1n) is 12.0. The maximum absolute atomic E-state index is 11.6. The highest BCUT2D eigenvalue weighted by Gasteiger charge is 2.23. The van der Waals surface area contributed by atoms with E-state index in [1.807, 2.05) is 6.07 Å². The average Bonchev–Trinajstić information content (AvgIpc) is 3.43. The van der Waals surface area contributed by atoms with Gasteiger partial charge in [0.05, 0.1) is 12.1 Å². The highest BCUT2D eigenvalue weighted by Crippen LogP contribution is 2.32. The third-order valence-electron chi connectivity index (χ3n) is 6.51. The van der Waals surface area contributed by atoms with Crippen LogP contribution in [0.25, 0.3) is 11.0 Å². The standard InChI is InChI=1S/C23H25N3O2.C4H4O4/c27-23-13-18-12-19-20(25-28-22(19)14-21(18)24-23)7-6-16-8-10-26(11-9-16)15-17-4-2-1-3-5-17;5-3(6)1-2-4(7)8/h1-5,12,14,16H,6-11,13,15H2,(H,24,27);1-2H,(H,5,6)(H,7,8). The largest absolute Gasteiger partial charge is 0.478 e. The van der Waals surface area contributed by atoms with Crippen molar-refractivity contribution in [1.82, 2.24) is 10.1 Å². The lowest BCUT2D eigenvalue weighted by Gasteiger charge is -2.31. The number of aromatic nitrogens is 1. The summed E-state index contributed by atoms with van der Waals surface area (Å²) in [4.78, 5) is 33.3. The minimum atomic E-state index is -1.26. The van der Waals surface area contributed by atoms with E-state index in [-0.39, 0.29) is 5.91 Å². The fourth-order valence-corrected chi connectivity index (χ4v) is 4.65. The van der Waals surface area contributed by atoms with Crippen LogP contribution in [-0.4, -0.2) is 51.2 Å². The zero-order valence-electron chi connectivity index (χ0n) is 19.9. The lowest BCUT2D eigenvalue weighted by molar-refractivity contribution is -0.134. The minimum absolute atomic E-state index is 0.0550. The molecule has 36 heavy (non-hydrogen) atoms. The Bertz CT molecular complexity index is 1240. The summed E-state index contributed by atoms with van der Waals surface area (Å²) in [6.07, 6.45) is 6.15. The van der Waals surface area contributed by atoms with Crippen LogP contribution in [0.5, 0.6) is 0 Å². The number of aryl methyl sites for hydroxylation is 1. The first kappa shape index (κ1) is 25.1. The zero-order chi connectivity index (χ0) is 25.5. The molecule has 3 N–H and O–H groups in total. The van der Waals surface area contributed by atoms with E-state index >= 15 is 0 Å². The van der Waals surface area contributed by atoms with Crippen LogP contribution in [0.2, 0.25) is 0 Å². The minimum Gasteiger partial charge on any atom is -0.478 e. The molecule has 188 valence electrons. The van der Waals surface area contributed by atoms with E-state index in [2.05, 4.69) is 51.8 Å². The molecule has 2 aliphatic rings. The van der Waals surface area contributed by atoms with Crippen molar-refractivity contribution in [1.29, 1.82) is 0 Å². The fourth-order valence-electron chi connectivity index (χ4n) is 4.65. The molecule has 0 unspecified atom stereocenters. The number of nitrogens with zero attached hydrogens (tertiary/aromatic N) is 2. The maximum Gasteiger partial charge on any atom is 0.328 e. The second kappa shape index (κ2) is 11.6. The molecule has 5 rings (SSSR count). The number of aliphatic carboxylic acids is 2. The number of nitrogens with one attached hydrogen (secondary N) is 1. The monoisotopic (exact) mass is 491 g/mol. The Morgan fingerprint density at radius 3 is 2.44 bits per heavy atom. The predicted molar refractivity (Wildman–Crippen MR) is 134 cm³/mol. The molecule has 3 aromatic rings. The van der Waals surface area contributed by atoms with Crippen molar-refractivity contribution in [2.45, 2.75) is 38.6 Å². The molecule has 2 aliphatic heterocycles. The first-order chi connectivity index (χ1) is 17.4. The van der Waals surface area contributed by atoms with Gasteiger partial charge in [-0.25, -0.2) is 9.59 Å². The topological polar surface area (TPSA) is 133 Å². The van der Waals surface area contributed by atoms with Crippen LogP contribution < -0.4 is 5.32 Å². The number of hydrogen-bond acceptors (Lipinski definition) is 6. The van der Waals surface area contributed by atoms with Gasteiger partial charge in [-0.1, -0.05) is 35.5 Å². The number of carboxylic acid groups (broad SMARTS) is 2. The molecule has 1 amide bonds. The van der Waals surface area contributed by atoms with Crippen LogP contribution in [0.15, 0.2) is 59.1 Å². The van der Waals surface area contributed by atoms with Crippen molar-refractivity contribution >= 4 is 34.5 Å². The van der Waals surface area contributed by atoms with Crippen molar-refractivity contribution in [3.63, 3.8) is 0 Å². The van der Waals surface area contributed by atoms with Gasteiger partial charge in [0.1, 0.15) is 0 Å². The van der Waals surface area contributed by atoms with Gasteiger partial charge in [0.25, 0.3) is 0 Å². The molecule has 1 saturated heterocycles. The molecule has 1 aromatic heterocycles. The summed E-state index contributed by atoms with van der Waals surface area (Å²) in [7, 11) is 0. The number of carbonyl (C=O) groups excluding carboxylic acids is 1. The highest BCUT2D eigenvalue weighted by atomic mass is 16.5. The average molecular weight is 492 g/mol. The Morgan fingerprint density at radius 1 is 1.08 bits per heavy atom. The number of likely N-dealkylation sites (tertiary alicyclic amines) is 1. The molecule has 0 radical (unpaired) electrons. The summed E-state index contributed by atoms with van der Waals surface area (Å²) >= 11 is 0. The number of anilines is 1. The molecule has 0 bridgehead atoms. The van der Waals surface area contributed by atoms with Crippen molar-refractivity contribution in [3.05, 3.63) is 71.4 Å². The molecular weight excluding hydrogens is 462 g/mol. The number of rotatable bonds is 7. The summed E-state index contributed by atoms with van der Waals surface area (Å²) in [6.45, 7) is 3.39. The normalized spacial score (nSPS) is 15.9. The van der Waals surface area contributed by atoms with E-state index in [0.717, 1.165) is 53.2 Å². The number of amides is 1. The molecule has 0 spiro atoms. The molecule has 1 fully saturated rings. The van der Waals surface area contributed by atoms with Crippen LogP contribution in [0.1, 0.15) is 36.1 Å².